The summed E-state index contributed by atoms with van der Waals surface area (Å²) in [7, 11) is 1.96. The normalized spacial score (nSPS) is 19.9. The topological polar surface area (TPSA) is 42.4 Å². The molecule has 2 aromatic carbocycles. The molecule has 1 atom stereocenters. The number of nitrogens with zero attached hydrogens (tertiary/aromatic N) is 2. The molecule has 0 spiro atoms. The number of benzene rings is 2. The molecule has 0 N–H and O–H groups in total. The molecule has 1 aliphatic rings. The van der Waals surface area contributed by atoms with Crippen LogP contribution in [0.3, 0.4) is 0 Å². The van der Waals surface area contributed by atoms with Crippen LogP contribution in [0, 0.1) is 0 Å². The molecule has 1 unspecified atom stereocenters. The number of carbonyl (C=O) groups excluding carboxylic acids is 1. The molecule has 1 aliphatic heterocycles. The van der Waals surface area contributed by atoms with E-state index in [4.69, 9.17) is 4.74 Å². The molecule has 4 nitrogen and oxygen atoms in total. The molecular formula is C23H22N2O2. The van der Waals surface area contributed by atoms with Gasteiger partial charge in [-0.3, -0.25) is 4.90 Å². The van der Waals surface area contributed by atoms with Crippen LogP contribution in [-0.4, -0.2) is 35.3 Å². The third kappa shape index (κ3) is 3.24. The van der Waals surface area contributed by atoms with E-state index in [-0.39, 0.29) is 0 Å². The van der Waals surface area contributed by atoms with Gasteiger partial charge in [-0.1, -0.05) is 42.5 Å². The fourth-order valence-electron chi connectivity index (χ4n) is 3.47. The summed E-state index contributed by atoms with van der Waals surface area (Å²) in [6.07, 6.45) is 3.13. The lowest BCUT2D eigenvalue weighted by molar-refractivity contribution is -0.113. The summed E-state index contributed by atoms with van der Waals surface area (Å²) in [6.45, 7) is 3.15. The van der Waals surface area contributed by atoms with Crippen molar-refractivity contribution in [3.8, 4) is 5.75 Å². The molecule has 1 aromatic heterocycles. The number of hydrogen-bond acceptors (Lipinski definition) is 4. The lowest BCUT2D eigenvalue weighted by Crippen LogP contribution is -2.42. The Labute approximate surface area is 159 Å². The molecule has 136 valence electrons. The van der Waals surface area contributed by atoms with Crippen molar-refractivity contribution in [3.05, 3.63) is 78.0 Å². The Kier molecular flexibility index (Phi) is 4.50. The largest absolute Gasteiger partial charge is 0.487 e. The number of fused-ring (bicyclic) bond motifs is 1. The molecule has 0 fully saturated rings. The van der Waals surface area contributed by atoms with E-state index >= 15 is 0 Å². The highest BCUT2D eigenvalue weighted by molar-refractivity contribution is 5.91. The second-order valence-corrected chi connectivity index (χ2v) is 7.07. The SMILES string of the molecule is CN1CC=C(c2ccc(OCc3ccc4ccccc4n3)cc2)C1(C)C=O. The second kappa shape index (κ2) is 6.97. The van der Waals surface area contributed by atoms with Gasteiger partial charge < -0.3 is 9.53 Å². The highest BCUT2D eigenvalue weighted by atomic mass is 16.5. The molecular weight excluding hydrogens is 336 g/mol. The molecule has 0 aliphatic carbocycles. The number of likely N-dealkylation sites (N-methyl/N-ethyl adjacent to an activating group) is 1. The number of aromatic nitrogens is 1. The number of para-hydroxylation sites is 1. The van der Waals surface area contributed by atoms with Crippen molar-refractivity contribution in [2.45, 2.75) is 19.1 Å². The zero-order valence-electron chi connectivity index (χ0n) is 15.6. The van der Waals surface area contributed by atoms with Crippen molar-refractivity contribution in [1.82, 2.24) is 9.88 Å². The second-order valence-electron chi connectivity index (χ2n) is 7.07. The van der Waals surface area contributed by atoms with Gasteiger partial charge in [0.25, 0.3) is 0 Å². The highest BCUT2D eigenvalue weighted by Crippen LogP contribution is 2.35. The van der Waals surface area contributed by atoms with Crippen LogP contribution in [0.1, 0.15) is 18.2 Å². The van der Waals surface area contributed by atoms with Crippen LogP contribution in [0.15, 0.2) is 66.7 Å². The summed E-state index contributed by atoms with van der Waals surface area (Å²) >= 11 is 0. The summed E-state index contributed by atoms with van der Waals surface area (Å²) in [4.78, 5) is 18.3. The molecule has 27 heavy (non-hydrogen) atoms. The summed E-state index contributed by atoms with van der Waals surface area (Å²) in [5.41, 5.74) is 3.39. The van der Waals surface area contributed by atoms with E-state index in [2.05, 4.69) is 17.1 Å². The van der Waals surface area contributed by atoms with Crippen LogP contribution in [0.5, 0.6) is 5.75 Å². The third-order valence-corrected chi connectivity index (χ3v) is 5.35. The molecule has 2 heterocycles. The highest BCUT2D eigenvalue weighted by Gasteiger charge is 2.37. The van der Waals surface area contributed by atoms with Crippen molar-refractivity contribution in [1.29, 1.82) is 0 Å². The maximum Gasteiger partial charge on any atom is 0.144 e. The van der Waals surface area contributed by atoms with Crippen molar-refractivity contribution >= 4 is 22.8 Å². The first-order valence-corrected chi connectivity index (χ1v) is 9.06. The van der Waals surface area contributed by atoms with Gasteiger partial charge in [-0.15, -0.1) is 0 Å². The third-order valence-electron chi connectivity index (χ3n) is 5.35. The minimum Gasteiger partial charge on any atom is -0.487 e. The Balaban J connectivity index is 1.47. The average Bonchev–Trinajstić information content (AvgIpc) is 3.02. The maximum absolute atomic E-state index is 11.6. The summed E-state index contributed by atoms with van der Waals surface area (Å²) < 4.78 is 5.90. The average molecular weight is 358 g/mol. The first kappa shape index (κ1) is 17.4. The minimum absolute atomic E-state index is 0.418. The fourth-order valence-corrected chi connectivity index (χ4v) is 3.47. The molecule has 0 saturated heterocycles. The lowest BCUT2D eigenvalue weighted by Gasteiger charge is -2.29. The summed E-state index contributed by atoms with van der Waals surface area (Å²) in [5, 5.41) is 1.12. The molecule has 4 heteroatoms. The van der Waals surface area contributed by atoms with Crippen molar-refractivity contribution < 1.29 is 9.53 Å². The monoisotopic (exact) mass is 358 g/mol. The predicted octanol–water partition coefficient (Wildman–Crippen LogP) is 4.10. The van der Waals surface area contributed by atoms with Crippen molar-refractivity contribution in [3.63, 3.8) is 0 Å². The number of rotatable bonds is 5. The van der Waals surface area contributed by atoms with Crippen LogP contribution < -0.4 is 4.74 Å². The Morgan fingerprint density at radius 2 is 1.89 bits per heavy atom. The van der Waals surface area contributed by atoms with E-state index in [9.17, 15) is 4.79 Å². The first-order valence-electron chi connectivity index (χ1n) is 9.06. The first-order chi connectivity index (χ1) is 13.1. The van der Waals surface area contributed by atoms with Crippen molar-refractivity contribution in [2.24, 2.45) is 0 Å². The van der Waals surface area contributed by atoms with Gasteiger partial charge in [-0.25, -0.2) is 4.98 Å². The van der Waals surface area contributed by atoms with E-state index in [1.807, 2.05) is 73.5 Å². The fraction of sp³-hybridized carbons (Fsp3) is 0.217. The zero-order valence-corrected chi connectivity index (χ0v) is 15.6. The van der Waals surface area contributed by atoms with Crippen LogP contribution in [0.25, 0.3) is 16.5 Å². The van der Waals surface area contributed by atoms with Crippen molar-refractivity contribution in [2.75, 3.05) is 13.6 Å². The molecule has 3 aromatic rings. The van der Waals surface area contributed by atoms with E-state index in [1.54, 1.807) is 0 Å². The van der Waals surface area contributed by atoms with Gasteiger partial charge in [0.1, 0.15) is 18.6 Å². The predicted molar refractivity (Wildman–Crippen MR) is 108 cm³/mol. The lowest BCUT2D eigenvalue weighted by atomic mass is 9.89. The quantitative estimate of drug-likeness (QED) is 0.644. The standard InChI is InChI=1S/C23H22N2O2/c1-23(16-26)21(13-14-25(23)2)17-8-11-20(12-9-17)27-15-19-10-7-18-5-3-4-6-22(18)24-19/h3-13,16H,14-15H2,1-2H3. The van der Waals surface area contributed by atoms with E-state index in [0.29, 0.717) is 6.61 Å². The smallest absolute Gasteiger partial charge is 0.144 e. The van der Waals surface area contributed by atoms with Gasteiger partial charge in [-0.2, -0.15) is 0 Å². The summed E-state index contributed by atoms with van der Waals surface area (Å²) in [6, 6.07) is 20.0. The van der Waals surface area contributed by atoms with Crippen LogP contribution in [-0.2, 0) is 11.4 Å². The zero-order chi connectivity index (χ0) is 18.9. The minimum atomic E-state index is -0.572. The molecule has 0 radical (unpaired) electrons. The number of pyridine rings is 1. The number of ether oxygens (including phenoxy) is 1. The van der Waals surface area contributed by atoms with Gasteiger partial charge in [-0.05, 0) is 49.4 Å². The van der Waals surface area contributed by atoms with E-state index in [1.165, 1.54) is 0 Å². The van der Waals surface area contributed by atoms with E-state index in [0.717, 1.165) is 46.3 Å². The maximum atomic E-state index is 11.6. The van der Waals surface area contributed by atoms with Crippen LogP contribution >= 0.6 is 0 Å². The Morgan fingerprint density at radius 3 is 2.67 bits per heavy atom. The number of carbonyl (C=O) groups is 1. The van der Waals surface area contributed by atoms with Gasteiger partial charge in [0.15, 0.2) is 0 Å². The Morgan fingerprint density at radius 1 is 1.11 bits per heavy atom. The van der Waals surface area contributed by atoms with Gasteiger partial charge in [0.05, 0.1) is 16.7 Å². The van der Waals surface area contributed by atoms with Crippen LogP contribution in [0.4, 0.5) is 0 Å². The summed E-state index contributed by atoms with van der Waals surface area (Å²) in [5.74, 6) is 0.786. The Hall–Kier alpha value is -2.98. The van der Waals surface area contributed by atoms with E-state index < -0.39 is 5.54 Å². The molecule has 0 amide bonds. The Bertz CT molecular complexity index is 1010. The van der Waals surface area contributed by atoms with Gasteiger partial charge in [0.2, 0.25) is 0 Å². The number of hydrogen-bond donors (Lipinski definition) is 0. The van der Waals surface area contributed by atoms with Gasteiger partial charge >= 0.3 is 0 Å². The number of aldehydes is 1. The molecule has 4 rings (SSSR count). The van der Waals surface area contributed by atoms with Crippen LogP contribution in [0.2, 0.25) is 0 Å². The molecule has 0 saturated carbocycles. The van der Waals surface area contributed by atoms with Gasteiger partial charge in [0, 0.05) is 11.9 Å². The molecule has 0 bridgehead atoms.